The maximum atomic E-state index is 13.3. The van der Waals surface area contributed by atoms with E-state index in [1.807, 2.05) is 17.8 Å². The Morgan fingerprint density at radius 1 is 1.37 bits per heavy atom. The zero-order valence-electron chi connectivity index (χ0n) is 10.3. The highest BCUT2D eigenvalue weighted by Gasteiger charge is 2.13. The molecule has 0 N–H and O–H groups in total. The first-order chi connectivity index (χ1) is 9.19. The summed E-state index contributed by atoms with van der Waals surface area (Å²) in [4.78, 5) is 4.45. The third kappa shape index (κ3) is 2.10. The van der Waals surface area contributed by atoms with Gasteiger partial charge in [0.15, 0.2) is 0 Å². The van der Waals surface area contributed by atoms with Crippen LogP contribution in [0.4, 0.5) is 4.39 Å². The molecule has 0 amide bonds. The fraction of sp³-hybridized carbons (Fsp3) is 0.231. The number of aryl methyl sites for hydroxylation is 2. The Labute approximate surface area is 114 Å². The molecule has 3 aromatic rings. The van der Waals surface area contributed by atoms with Gasteiger partial charge in [-0.1, -0.05) is 0 Å². The lowest BCUT2D eigenvalue weighted by Crippen LogP contribution is -2.01. The van der Waals surface area contributed by atoms with Gasteiger partial charge in [-0.3, -0.25) is 9.25 Å². The van der Waals surface area contributed by atoms with Crippen molar-refractivity contribution in [3.63, 3.8) is 0 Å². The molecule has 0 fully saturated rings. The van der Waals surface area contributed by atoms with Crippen molar-refractivity contribution >= 4 is 22.6 Å². The van der Waals surface area contributed by atoms with Crippen molar-refractivity contribution in [2.24, 2.45) is 7.05 Å². The molecule has 0 aliphatic heterocycles. The quantitative estimate of drug-likeness (QED) is 0.691. The first kappa shape index (κ1) is 12.2. The van der Waals surface area contributed by atoms with Crippen LogP contribution >= 0.6 is 11.6 Å². The van der Waals surface area contributed by atoms with Crippen molar-refractivity contribution in [2.45, 2.75) is 6.42 Å². The molecule has 0 radical (unpaired) electrons. The second-order valence-corrected chi connectivity index (χ2v) is 4.69. The van der Waals surface area contributed by atoms with Crippen LogP contribution in [0.1, 0.15) is 5.82 Å². The predicted octanol–water partition coefficient (Wildman–Crippen LogP) is 2.68. The summed E-state index contributed by atoms with van der Waals surface area (Å²) >= 11 is 5.81. The summed E-state index contributed by atoms with van der Waals surface area (Å²) in [5, 5.41) is 4.16. The van der Waals surface area contributed by atoms with Crippen LogP contribution in [0.3, 0.4) is 0 Å². The number of halogens is 2. The summed E-state index contributed by atoms with van der Waals surface area (Å²) in [6.07, 6.45) is 4.26. The summed E-state index contributed by atoms with van der Waals surface area (Å²) in [5.74, 6) is 0.982. The summed E-state index contributed by atoms with van der Waals surface area (Å²) in [6, 6.07) is 4.59. The van der Waals surface area contributed by atoms with E-state index in [1.54, 1.807) is 16.9 Å². The minimum atomic E-state index is -0.291. The molecule has 0 aliphatic rings. The lowest BCUT2D eigenvalue weighted by atomic mass is 10.3. The average molecular weight is 279 g/mol. The van der Waals surface area contributed by atoms with Crippen LogP contribution in [0.5, 0.6) is 0 Å². The van der Waals surface area contributed by atoms with Gasteiger partial charge in [-0.05, 0) is 12.1 Å². The van der Waals surface area contributed by atoms with Crippen LogP contribution in [-0.2, 0) is 13.5 Å². The Morgan fingerprint density at radius 2 is 2.21 bits per heavy atom. The Kier molecular flexibility index (Phi) is 2.98. The summed E-state index contributed by atoms with van der Waals surface area (Å²) in [7, 11) is 1.85. The molecule has 0 atom stereocenters. The molecule has 6 heteroatoms. The molecule has 0 saturated heterocycles. The van der Waals surface area contributed by atoms with E-state index < -0.39 is 0 Å². The summed E-state index contributed by atoms with van der Waals surface area (Å²) in [6.45, 7) is 0. The molecule has 3 rings (SSSR count). The van der Waals surface area contributed by atoms with Gasteiger partial charge in [0.2, 0.25) is 0 Å². The van der Waals surface area contributed by atoms with Crippen LogP contribution < -0.4 is 0 Å². The van der Waals surface area contributed by atoms with Crippen molar-refractivity contribution in [3.8, 4) is 5.69 Å². The highest BCUT2D eigenvalue weighted by molar-refractivity contribution is 6.17. The zero-order chi connectivity index (χ0) is 13.4. The summed E-state index contributed by atoms with van der Waals surface area (Å²) < 4.78 is 17.0. The molecule has 19 heavy (non-hydrogen) atoms. The average Bonchev–Trinajstić information content (AvgIpc) is 2.92. The molecule has 1 aromatic carbocycles. The van der Waals surface area contributed by atoms with Crippen molar-refractivity contribution in [1.29, 1.82) is 0 Å². The third-order valence-corrected chi connectivity index (χ3v) is 3.14. The Hall–Kier alpha value is -1.88. The number of hydrogen-bond acceptors (Lipinski definition) is 2. The van der Waals surface area contributed by atoms with E-state index >= 15 is 0 Å². The highest BCUT2D eigenvalue weighted by atomic mass is 35.5. The lowest BCUT2D eigenvalue weighted by Gasteiger charge is -2.04. The van der Waals surface area contributed by atoms with Gasteiger partial charge in [-0.15, -0.1) is 11.6 Å². The minimum absolute atomic E-state index is 0.291. The van der Waals surface area contributed by atoms with Gasteiger partial charge in [0.1, 0.15) is 11.6 Å². The van der Waals surface area contributed by atoms with E-state index in [0.717, 1.165) is 17.0 Å². The molecule has 0 spiro atoms. The second-order valence-electron chi connectivity index (χ2n) is 4.31. The zero-order valence-corrected chi connectivity index (χ0v) is 11.1. The first-order valence-corrected chi connectivity index (χ1v) is 6.44. The molecular weight excluding hydrogens is 267 g/mol. The molecule has 4 nitrogen and oxygen atoms in total. The van der Waals surface area contributed by atoms with E-state index in [9.17, 15) is 4.39 Å². The topological polar surface area (TPSA) is 35.6 Å². The van der Waals surface area contributed by atoms with Gasteiger partial charge in [0, 0.05) is 31.6 Å². The minimum Gasteiger partial charge on any atom is -0.293 e. The van der Waals surface area contributed by atoms with Crippen molar-refractivity contribution in [3.05, 3.63) is 42.2 Å². The van der Waals surface area contributed by atoms with Crippen LogP contribution in [0.15, 0.2) is 30.6 Å². The smallest absolute Gasteiger partial charge is 0.125 e. The largest absolute Gasteiger partial charge is 0.293 e. The fourth-order valence-corrected chi connectivity index (χ4v) is 2.34. The number of rotatable bonds is 3. The molecule has 0 bridgehead atoms. The highest BCUT2D eigenvalue weighted by Crippen LogP contribution is 2.22. The Morgan fingerprint density at radius 3 is 2.89 bits per heavy atom. The number of hydrogen-bond donors (Lipinski definition) is 0. The van der Waals surface area contributed by atoms with Crippen LogP contribution in [0.2, 0.25) is 0 Å². The van der Waals surface area contributed by atoms with Crippen LogP contribution in [0, 0.1) is 5.82 Å². The van der Waals surface area contributed by atoms with E-state index in [4.69, 9.17) is 11.6 Å². The third-order valence-electron chi connectivity index (χ3n) is 2.95. The normalized spacial score (nSPS) is 11.3. The maximum absolute atomic E-state index is 13.3. The monoisotopic (exact) mass is 278 g/mol. The molecule has 2 aromatic heterocycles. The van der Waals surface area contributed by atoms with Crippen LogP contribution in [0.25, 0.3) is 16.7 Å². The van der Waals surface area contributed by atoms with Gasteiger partial charge >= 0.3 is 0 Å². The predicted molar refractivity (Wildman–Crippen MR) is 72.2 cm³/mol. The van der Waals surface area contributed by atoms with Gasteiger partial charge in [0.25, 0.3) is 0 Å². The van der Waals surface area contributed by atoms with Crippen molar-refractivity contribution in [2.75, 3.05) is 5.88 Å². The van der Waals surface area contributed by atoms with E-state index in [1.165, 1.54) is 12.1 Å². The Bertz CT molecular complexity index is 731. The summed E-state index contributed by atoms with van der Waals surface area (Å²) in [5.41, 5.74) is 2.38. The molecule has 98 valence electrons. The molecule has 0 unspecified atom stereocenters. The number of nitrogens with zero attached hydrogens (tertiary/aromatic N) is 4. The number of benzene rings is 1. The molecule has 0 aliphatic carbocycles. The SMILES string of the molecule is Cn1cc(-n2c(CCCl)nc3cc(F)ccc32)cn1. The van der Waals surface area contributed by atoms with Gasteiger partial charge in [-0.2, -0.15) is 5.10 Å². The number of fused-ring (bicyclic) bond motifs is 1. The van der Waals surface area contributed by atoms with Crippen molar-refractivity contribution < 1.29 is 4.39 Å². The van der Waals surface area contributed by atoms with Crippen LogP contribution in [-0.4, -0.2) is 25.2 Å². The fourth-order valence-electron chi connectivity index (χ4n) is 2.17. The maximum Gasteiger partial charge on any atom is 0.125 e. The molecule has 2 heterocycles. The number of alkyl halides is 1. The standard InChI is InChI=1S/C13H12ClFN4/c1-18-8-10(7-16-18)19-12-3-2-9(15)6-11(12)17-13(19)4-5-14/h2-3,6-8H,4-5H2,1H3. The molecule has 0 saturated carbocycles. The molecular formula is C13H12ClFN4. The van der Waals surface area contributed by atoms with Gasteiger partial charge < -0.3 is 0 Å². The van der Waals surface area contributed by atoms with Gasteiger partial charge in [0.05, 0.1) is 22.9 Å². The van der Waals surface area contributed by atoms with E-state index in [0.29, 0.717) is 17.8 Å². The van der Waals surface area contributed by atoms with E-state index in [-0.39, 0.29) is 5.82 Å². The van der Waals surface area contributed by atoms with Gasteiger partial charge in [-0.25, -0.2) is 9.37 Å². The second kappa shape index (κ2) is 4.66. The van der Waals surface area contributed by atoms with Crippen molar-refractivity contribution in [1.82, 2.24) is 19.3 Å². The van der Waals surface area contributed by atoms with E-state index in [2.05, 4.69) is 10.1 Å². The first-order valence-electron chi connectivity index (χ1n) is 5.91. The number of aromatic nitrogens is 4. The number of imidazole rings is 1. The lowest BCUT2D eigenvalue weighted by molar-refractivity contribution is 0.629. The Balaban J connectivity index is 2.27.